The Morgan fingerprint density at radius 3 is 2.69 bits per heavy atom. The summed E-state index contributed by atoms with van der Waals surface area (Å²) in [4.78, 5) is 14.6. The van der Waals surface area contributed by atoms with E-state index >= 15 is 0 Å². The van der Waals surface area contributed by atoms with E-state index in [1.54, 1.807) is 12.1 Å². The first kappa shape index (κ1) is 20.5. The SMILES string of the molecule is CCCCC1CCC(c2nc(C#N)c(N/N=C/c3ccc([N+](=O)[O-])cc3)o2)CC1. The van der Waals surface area contributed by atoms with E-state index in [1.807, 2.05) is 6.07 Å². The smallest absolute Gasteiger partial charge is 0.269 e. The maximum absolute atomic E-state index is 10.7. The summed E-state index contributed by atoms with van der Waals surface area (Å²) in [5.74, 6) is 1.87. The number of rotatable bonds is 8. The third kappa shape index (κ3) is 5.41. The number of nitrogens with zero attached hydrogens (tertiary/aromatic N) is 4. The first-order chi connectivity index (χ1) is 14.1. The Balaban J connectivity index is 1.60. The van der Waals surface area contributed by atoms with E-state index in [9.17, 15) is 15.4 Å². The minimum Gasteiger partial charge on any atom is -0.422 e. The Morgan fingerprint density at radius 1 is 1.34 bits per heavy atom. The number of benzene rings is 1. The second-order valence-corrected chi connectivity index (χ2v) is 7.42. The topological polar surface area (TPSA) is 117 Å². The second-order valence-electron chi connectivity index (χ2n) is 7.42. The van der Waals surface area contributed by atoms with Gasteiger partial charge in [-0.3, -0.25) is 10.1 Å². The molecule has 0 aliphatic heterocycles. The molecule has 1 aromatic carbocycles. The zero-order chi connectivity index (χ0) is 20.6. The fourth-order valence-corrected chi connectivity index (χ4v) is 3.70. The summed E-state index contributed by atoms with van der Waals surface area (Å²) in [6.45, 7) is 2.22. The van der Waals surface area contributed by atoms with Crippen molar-refractivity contribution in [2.75, 3.05) is 5.43 Å². The molecule has 3 rings (SSSR count). The molecule has 2 aromatic rings. The molecule has 0 unspecified atom stereocenters. The maximum atomic E-state index is 10.7. The van der Waals surface area contributed by atoms with E-state index in [0.29, 0.717) is 11.5 Å². The standard InChI is InChI=1S/C21H25N5O3/c1-2-3-4-15-5-9-17(10-6-15)20-24-19(13-22)21(29-20)25-23-14-16-7-11-18(12-8-16)26(27)28/h7-8,11-12,14-15,17,25H,2-6,9-10H2,1H3/b23-14+. The van der Waals surface area contributed by atoms with E-state index < -0.39 is 4.92 Å². The Morgan fingerprint density at radius 2 is 2.07 bits per heavy atom. The summed E-state index contributed by atoms with van der Waals surface area (Å²) in [6.07, 6.45) is 9.74. The van der Waals surface area contributed by atoms with Gasteiger partial charge in [0.15, 0.2) is 0 Å². The van der Waals surface area contributed by atoms with Gasteiger partial charge in [-0.25, -0.2) is 10.4 Å². The van der Waals surface area contributed by atoms with Crippen LogP contribution in [0.15, 0.2) is 33.8 Å². The van der Waals surface area contributed by atoms with E-state index in [1.165, 1.54) is 50.5 Å². The van der Waals surface area contributed by atoms with Crippen LogP contribution in [0.2, 0.25) is 0 Å². The molecule has 0 bridgehead atoms. The van der Waals surface area contributed by atoms with Gasteiger partial charge in [0.05, 0.1) is 11.1 Å². The van der Waals surface area contributed by atoms with Crippen molar-refractivity contribution in [2.24, 2.45) is 11.0 Å². The van der Waals surface area contributed by atoms with Crippen LogP contribution in [0.3, 0.4) is 0 Å². The highest BCUT2D eigenvalue weighted by Crippen LogP contribution is 2.38. The Bertz CT molecular complexity index is 890. The number of unbranched alkanes of at least 4 members (excludes halogenated alkanes) is 1. The van der Waals surface area contributed by atoms with Gasteiger partial charge in [0.25, 0.3) is 11.6 Å². The van der Waals surface area contributed by atoms with Gasteiger partial charge in [0, 0.05) is 18.1 Å². The lowest BCUT2D eigenvalue weighted by Gasteiger charge is -2.26. The number of nitro groups is 1. The van der Waals surface area contributed by atoms with Gasteiger partial charge in [-0.2, -0.15) is 10.4 Å². The number of hydrazone groups is 1. The van der Waals surface area contributed by atoms with Crippen molar-refractivity contribution in [3.8, 4) is 6.07 Å². The normalized spacial score (nSPS) is 19.2. The molecule has 8 heteroatoms. The zero-order valence-electron chi connectivity index (χ0n) is 16.5. The number of nitro benzene ring substituents is 1. The lowest BCUT2D eigenvalue weighted by molar-refractivity contribution is -0.384. The lowest BCUT2D eigenvalue weighted by atomic mass is 9.80. The van der Waals surface area contributed by atoms with Crippen molar-refractivity contribution in [2.45, 2.75) is 57.8 Å². The molecule has 0 spiro atoms. The van der Waals surface area contributed by atoms with Crippen LogP contribution in [0.25, 0.3) is 0 Å². The van der Waals surface area contributed by atoms with E-state index in [2.05, 4.69) is 22.4 Å². The molecule has 0 radical (unpaired) electrons. The number of oxazole rings is 1. The van der Waals surface area contributed by atoms with Crippen LogP contribution in [0, 0.1) is 27.4 Å². The van der Waals surface area contributed by atoms with Gasteiger partial charge in [-0.1, -0.05) is 26.2 Å². The summed E-state index contributed by atoms with van der Waals surface area (Å²) < 4.78 is 5.80. The summed E-state index contributed by atoms with van der Waals surface area (Å²) in [7, 11) is 0. The maximum Gasteiger partial charge on any atom is 0.269 e. The number of anilines is 1. The average molecular weight is 395 g/mol. The molecule has 0 saturated heterocycles. The summed E-state index contributed by atoms with van der Waals surface area (Å²) in [5.41, 5.74) is 3.63. The van der Waals surface area contributed by atoms with Crippen LogP contribution >= 0.6 is 0 Å². The first-order valence-corrected chi connectivity index (χ1v) is 10.0. The quantitative estimate of drug-likeness (QED) is 0.365. The fourth-order valence-electron chi connectivity index (χ4n) is 3.70. The molecule has 0 atom stereocenters. The average Bonchev–Trinajstić information content (AvgIpc) is 3.16. The molecule has 0 amide bonds. The molecule has 152 valence electrons. The predicted octanol–water partition coefficient (Wildman–Crippen LogP) is 5.36. The number of nitrogens with one attached hydrogen (secondary N) is 1. The third-order valence-electron chi connectivity index (χ3n) is 5.40. The molecule has 1 heterocycles. The van der Waals surface area contributed by atoms with Crippen LogP contribution in [-0.2, 0) is 0 Å². The molecule has 1 N–H and O–H groups in total. The van der Waals surface area contributed by atoms with Gasteiger partial charge in [0.2, 0.25) is 11.6 Å². The highest BCUT2D eigenvalue weighted by Gasteiger charge is 2.27. The van der Waals surface area contributed by atoms with Crippen LogP contribution < -0.4 is 5.43 Å². The fraction of sp³-hybridized carbons (Fsp3) is 0.476. The van der Waals surface area contributed by atoms with Crippen LogP contribution in [0.4, 0.5) is 11.6 Å². The van der Waals surface area contributed by atoms with Gasteiger partial charge in [-0.15, -0.1) is 0 Å². The van der Waals surface area contributed by atoms with Gasteiger partial charge >= 0.3 is 0 Å². The predicted molar refractivity (Wildman–Crippen MR) is 110 cm³/mol. The van der Waals surface area contributed by atoms with Gasteiger partial charge in [0.1, 0.15) is 6.07 Å². The van der Waals surface area contributed by atoms with E-state index in [4.69, 9.17) is 4.42 Å². The molecular formula is C21H25N5O3. The number of aromatic nitrogens is 1. The molecular weight excluding hydrogens is 370 g/mol. The number of hydrogen-bond acceptors (Lipinski definition) is 7. The minimum atomic E-state index is -0.453. The minimum absolute atomic E-state index is 0.0196. The number of non-ortho nitro benzene ring substituents is 1. The van der Waals surface area contributed by atoms with Crippen molar-refractivity contribution in [3.63, 3.8) is 0 Å². The molecule has 1 fully saturated rings. The first-order valence-electron chi connectivity index (χ1n) is 10.0. The van der Waals surface area contributed by atoms with E-state index in [-0.39, 0.29) is 23.2 Å². The molecule has 1 aromatic heterocycles. The lowest BCUT2D eigenvalue weighted by Crippen LogP contribution is -2.13. The van der Waals surface area contributed by atoms with Crippen molar-refractivity contribution in [1.82, 2.24) is 4.98 Å². The zero-order valence-corrected chi connectivity index (χ0v) is 16.5. The van der Waals surface area contributed by atoms with Crippen molar-refractivity contribution < 1.29 is 9.34 Å². The van der Waals surface area contributed by atoms with Crippen molar-refractivity contribution >= 4 is 17.8 Å². The molecule has 8 nitrogen and oxygen atoms in total. The van der Waals surface area contributed by atoms with Crippen LogP contribution in [0.5, 0.6) is 0 Å². The van der Waals surface area contributed by atoms with Crippen molar-refractivity contribution in [1.29, 1.82) is 5.26 Å². The molecule has 29 heavy (non-hydrogen) atoms. The highest BCUT2D eigenvalue weighted by molar-refractivity contribution is 5.80. The number of hydrogen-bond donors (Lipinski definition) is 1. The second kappa shape index (κ2) is 9.82. The molecule has 1 aliphatic carbocycles. The molecule has 1 aliphatic rings. The monoisotopic (exact) mass is 395 g/mol. The Kier molecular flexibility index (Phi) is 6.95. The Labute approximate surface area is 169 Å². The van der Waals surface area contributed by atoms with Crippen molar-refractivity contribution in [3.05, 3.63) is 51.5 Å². The van der Waals surface area contributed by atoms with Gasteiger partial charge in [-0.05, 0) is 49.3 Å². The molecule has 1 saturated carbocycles. The highest BCUT2D eigenvalue weighted by atomic mass is 16.6. The van der Waals surface area contributed by atoms with Crippen LogP contribution in [0.1, 0.15) is 74.9 Å². The summed E-state index contributed by atoms with van der Waals surface area (Å²) >= 11 is 0. The van der Waals surface area contributed by atoms with Crippen LogP contribution in [-0.4, -0.2) is 16.1 Å². The van der Waals surface area contributed by atoms with E-state index in [0.717, 1.165) is 18.8 Å². The summed E-state index contributed by atoms with van der Waals surface area (Å²) in [6, 6.07) is 8.05. The summed E-state index contributed by atoms with van der Waals surface area (Å²) in [5, 5.41) is 24.1. The Hall–Kier alpha value is -3.21. The largest absolute Gasteiger partial charge is 0.422 e. The number of nitriles is 1. The van der Waals surface area contributed by atoms with Gasteiger partial charge < -0.3 is 4.42 Å². The third-order valence-corrected chi connectivity index (χ3v) is 5.40.